The Morgan fingerprint density at radius 2 is 2.06 bits per heavy atom. The molecule has 0 spiro atoms. The molecule has 0 atom stereocenters. The number of nitrogen functional groups attached to an aromatic ring is 1. The van der Waals surface area contributed by atoms with Crippen molar-refractivity contribution >= 4 is 44.1 Å². The largest absolute Gasteiger partial charge is 0.433 e. The average molecular weight is 324 g/mol. The molecule has 0 aliphatic rings. The molecular formula is C12H10BrN3OS. The van der Waals surface area contributed by atoms with Crippen LogP contribution in [0.25, 0.3) is 21.9 Å². The van der Waals surface area contributed by atoms with Crippen molar-refractivity contribution in [3.8, 4) is 10.8 Å². The molecule has 0 aliphatic heterocycles. The standard InChI is InChI=1S/C12H10BrN3OS/c1-5-11(18-6(2)15-5)12-16-9-4-7(13)3-8(14)10(9)17-12/h3-4H,14H2,1-2H3. The lowest BCUT2D eigenvalue weighted by Gasteiger charge is -1.94. The minimum Gasteiger partial charge on any atom is -0.433 e. The van der Waals surface area contributed by atoms with E-state index in [1.165, 1.54) is 0 Å². The summed E-state index contributed by atoms with van der Waals surface area (Å²) in [6.45, 7) is 3.92. The number of anilines is 1. The highest BCUT2D eigenvalue weighted by atomic mass is 79.9. The van der Waals surface area contributed by atoms with Gasteiger partial charge in [0.1, 0.15) is 10.4 Å². The van der Waals surface area contributed by atoms with E-state index in [-0.39, 0.29) is 0 Å². The Kier molecular flexibility index (Phi) is 2.64. The third kappa shape index (κ3) is 1.81. The molecule has 2 heterocycles. The molecule has 0 radical (unpaired) electrons. The van der Waals surface area contributed by atoms with Crippen LogP contribution in [0.5, 0.6) is 0 Å². The van der Waals surface area contributed by atoms with Crippen LogP contribution in [0, 0.1) is 13.8 Å². The molecule has 0 saturated carbocycles. The Morgan fingerprint density at radius 1 is 1.28 bits per heavy atom. The lowest BCUT2D eigenvalue weighted by Crippen LogP contribution is -1.84. The first-order valence-electron chi connectivity index (χ1n) is 5.34. The monoisotopic (exact) mass is 323 g/mol. The molecule has 0 bridgehead atoms. The van der Waals surface area contributed by atoms with Crippen LogP contribution in [-0.4, -0.2) is 9.97 Å². The normalized spacial score (nSPS) is 11.3. The predicted molar refractivity (Wildman–Crippen MR) is 76.7 cm³/mol. The second-order valence-electron chi connectivity index (χ2n) is 4.01. The van der Waals surface area contributed by atoms with E-state index in [0.29, 0.717) is 17.2 Å². The maximum atomic E-state index is 5.92. The van der Waals surface area contributed by atoms with Gasteiger partial charge in [-0.05, 0) is 26.0 Å². The Bertz CT molecular complexity index is 747. The predicted octanol–water partition coefficient (Wildman–Crippen LogP) is 3.91. The number of halogens is 1. The van der Waals surface area contributed by atoms with Crippen LogP contribution in [0.4, 0.5) is 5.69 Å². The minimum atomic E-state index is 0.581. The maximum Gasteiger partial charge on any atom is 0.239 e. The molecule has 0 amide bonds. The number of nitrogens with zero attached hydrogens (tertiary/aromatic N) is 2. The zero-order valence-electron chi connectivity index (χ0n) is 9.82. The summed E-state index contributed by atoms with van der Waals surface area (Å²) in [6, 6.07) is 3.70. The Hall–Kier alpha value is -1.40. The third-order valence-electron chi connectivity index (χ3n) is 2.58. The summed E-state index contributed by atoms with van der Waals surface area (Å²) in [6.07, 6.45) is 0. The van der Waals surface area contributed by atoms with Crippen LogP contribution in [0.15, 0.2) is 21.0 Å². The third-order valence-corrected chi connectivity index (χ3v) is 4.10. The van der Waals surface area contributed by atoms with Gasteiger partial charge in [0.15, 0.2) is 5.58 Å². The van der Waals surface area contributed by atoms with E-state index in [1.54, 1.807) is 11.3 Å². The molecule has 2 aromatic heterocycles. The molecule has 92 valence electrons. The number of thiazole rings is 1. The molecule has 3 aromatic rings. The van der Waals surface area contributed by atoms with E-state index in [4.69, 9.17) is 10.2 Å². The maximum absolute atomic E-state index is 5.92. The number of aromatic nitrogens is 2. The van der Waals surface area contributed by atoms with Gasteiger partial charge >= 0.3 is 0 Å². The number of rotatable bonds is 1. The first-order valence-corrected chi connectivity index (χ1v) is 6.95. The van der Waals surface area contributed by atoms with Crippen LogP contribution in [0.2, 0.25) is 0 Å². The van der Waals surface area contributed by atoms with Gasteiger partial charge in [-0.3, -0.25) is 0 Å². The van der Waals surface area contributed by atoms with E-state index in [2.05, 4.69) is 25.9 Å². The SMILES string of the molecule is Cc1nc(C)c(-c2nc3cc(Br)cc(N)c3o2)s1. The van der Waals surface area contributed by atoms with Crippen molar-refractivity contribution in [1.29, 1.82) is 0 Å². The van der Waals surface area contributed by atoms with Gasteiger partial charge in [0.2, 0.25) is 5.89 Å². The first kappa shape index (κ1) is 11.7. The van der Waals surface area contributed by atoms with E-state index in [0.717, 1.165) is 25.6 Å². The fourth-order valence-electron chi connectivity index (χ4n) is 1.85. The van der Waals surface area contributed by atoms with Crippen LogP contribution < -0.4 is 5.73 Å². The number of hydrogen-bond acceptors (Lipinski definition) is 5. The topological polar surface area (TPSA) is 64.9 Å². The zero-order valence-corrected chi connectivity index (χ0v) is 12.2. The Labute approximate surface area is 116 Å². The Morgan fingerprint density at radius 3 is 2.72 bits per heavy atom. The lowest BCUT2D eigenvalue weighted by molar-refractivity contribution is 0.622. The minimum absolute atomic E-state index is 0.581. The van der Waals surface area contributed by atoms with Crippen molar-refractivity contribution in [3.05, 3.63) is 27.3 Å². The van der Waals surface area contributed by atoms with Gasteiger partial charge in [0.25, 0.3) is 0 Å². The molecule has 4 nitrogen and oxygen atoms in total. The van der Waals surface area contributed by atoms with Crippen LogP contribution in [0.1, 0.15) is 10.7 Å². The highest BCUT2D eigenvalue weighted by Crippen LogP contribution is 2.34. The van der Waals surface area contributed by atoms with Gasteiger partial charge in [-0.1, -0.05) is 15.9 Å². The fourth-order valence-corrected chi connectivity index (χ4v) is 3.16. The fraction of sp³-hybridized carbons (Fsp3) is 0.167. The highest BCUT2D eigenvalue weighted by molar-refractivity contribution is 9.10. The molecule has 18 heavy (non-hydrogen) atoms. The van der Waals surface area contributed by atoms with Crippen molar-refractivity contribution in [2.24, 2.45) is 0 Å². The molecule has 2 N–H and O–H groups in total. The molecule has 6 heteroatoms. The summed E-state index contributed by atoms with van der Waals surface area (Å²) in [5, 5.41) is 0.999. The van der Waals surface area contributed by atoms with Crippen molar-refractivity contribution in [1.82, 2.24) is 9.97 Å². The van der Waals surface area contributed by atoms with Gasteiger partial charge in [0.05, 0.1) is 16.4 Å². The molecule has 0 aliphatic carbocycles. The van der Waals surface area contributed by atoms with Crippen molar-refractivity contribution in [2.75, 3.05) is 5.73 Å². The van der Waals surface area contributed by atoms with Crippen molar-refractivity contribution in [2.45, 2.75) is 13.8 Å². The van der Waals surface area contributed by atoms with Crippen molar-refractivity contribution in [3.63, 3.8) is 0 Å². The van der Waals surface area contributed by atoms with Gasteiger partial charge in [0, 0.05) is 4.47 Å². The van der Waals surface area contributed by atoms with Gasteiger partial charge in [-0.15, -0.1) is 11.3 Å². The quantitative estimate of drug-likeness (QED) is 0.689. The number of benzene rings is 1. The van der Waals surface area contributed by atoms with Crippen LogP contribution in [0.3, 0.4) is 0 Å². The van der Waals surface area contributed by atoms with E-state index >= 15 is 0 Å². The van der Waals surface area contributed by atoms with Gasteiger partial charge < -0.3 is 10.2 Å². The highest BCUT2D eigenvalue weighted by Gasteiger charge is 2.16. The number of nitrogens with two attached hydrogens (primary N) is 1. The molecule has 3 rings (SSSR count). The van der Waals surface area contributed by atoms with Gasteiger partial charge in [-0.2, -0.15) is 0 Å². The van der Waals surface area contributed by atoms with Crippen molar-refractivity contribution < 1.29 is 4.42 Å². The molecular weight excluding hydrogens is 314 g/mol. The number of oxazole rings is 1. The summed E-state index contributed by atoms with van der Waals surface area (Å²) in [5.74, 6) is 0.581. The van der Waals surface area contributed by atoms with E-state index in [1.807, 2.05) is 26.0 Å². The summed E-state index contributed by atoms with van der Waals surface area (Å²) < 4.78 is 6.64. The Balaban J connectivity index is 2.25. The average Bonchev–Trinajstić information content (AvgIpc) is 2.81. The molecule has 0 saturated heterocycles. The molecule has 0 fully saturated rings. The summed E-state index contributed by atoms with van der Waals surface area (Å²) >= 11 is 4.97. The zero-order chi connectivity index (χ0) is 12.9. The summed E-state index contributed by atoms with van der Waals surface area (Å²) in [5.41, 5.74) is 8.80. The second kappa shape index (κ2) is 4.07. The molecule has 1 aromatic carbocycles. The smallest absolute Gasteiger partial charge is 0.239 e. The van der Waals surface area contributed by atoms with Crippen LogP contribution >= 0.6 is 27.3 Å². The number of aryl methyl sites for hydroxylation is 2. The van der Waals surface area contributed by atoms with Gasteiger partial charge in [-0.25, -0.2) is 9.97 Å². The first-order chi connectivity index (χ1) is 8.54. The lowest BCUT2D eigenvalue weighted by atomic mass is 10.3. The molecule has 0 unspecified atom stereocenters. The summed E-state index contributed by atoms with van der Waals surface area (Å²) in [7, 11) is 0. The second-order valence-corrected chi connectivity index (χ2v) is 6.13. The number of hydrogen-bond donors (Lipinski definition) is 1. The number of fused-ring (bicyclic) bond motifs is 1. The van der Waals surface area contributed by atoms with E-state index < -0.39 is 0 Å². The van der Waals surface area contributed by atoms with E-state index in [9.17, 15) is 0 Å². The summed E-state index contributed by atoms with van der Waals surface area (Å²) in [4.78, 5) is 9.81. The van der Waals surface area contributed by atoms with Crippen LogP contribution in [-0.2, 0) is 0 Å².